The molecule has 0 aliphatic heterocycles. The normalized spacial score (nSPS) is 11.9. The van der Waals surface area contributed by atoms with Gasteiger partial charge in [0.15, 0.2) is 0 Å². The van der Waals surface area contributed by atoms with E-state index in [1.807, 2.05) is 0 Å². The highest BCUT2D eigenvalue weighted by atomic mass is 16.6. The molecule has 0 saturated carbocycles. The number of rotatable bonds is 5. The number of carbonyl (C=O) groups excluding carboxylic acids is 1. The van der Waals surface area contributed by atoms with E-state index in [-0.39, 0.29) is 24.2 Å². The molecule has 1 atom stereocenters. The Bertz CT molecular complexity index is 420. The van der Waals surface area contributed by atoms with Gasteiger partial charge in [-0.25, -0.2) is 0 Å². The number of carbonyl (C=O) groups is 1. The smallest absolute Gasteiger partial charge is 0.273 e. The second kappa shape index (κ2) is 5.95. The molecule has 1 rings (SSSR count). The fourth-order valence-corrected chi connectivity index (χ4v) is 1.41. The maximum absolute atomic E-state index is 11.2. The van der Waals surface area contributed by atoms with Crippen molar-refractivity contribution in [3.8, 4) is 0 Å². The Labute approximate surface area is 99.2 Å². The van der Waals surface area contributed by atoms with Gasteiger partial charge in [-0.2, -0.15) is 0 Å². The molecule has 0 fully saturated rings. The zero-order valence-electron chi connectivity index (χ0n) is 9.77. The molecule has 0 spiro atoms. The van der Waals surface area contributed by atoms with Gasteiger partial charge >= 0.3 is 0 Å². The van der Waals surface area contributed by atoms with Gasteiger partial charge in [0.1, 0.15) is 0 Å². The summed E-state index contributed by atoms with van der Waals surface area (Å²) in [6.07, 6.45) is 0. The van der Waals surface area contributed by atoms with E-state index < -0.39 is 4.92 Å². The van der Waals surface area contributed by atoms with Gasteiger partial charge < -0.3 is 10.6 Å². The summed E-state index contributed by atoms with van der Waals surface area (Å²) in [5, 5.41) is 16.2. The number of nitro groups is 1. The molecule has 92 valence electrons. The molecule has 0 aliphatic carbocycles. The van der Waals surface area contributed by atoms with Gasteiger partial charge in [-0.15, -0.1) is 0 Å². The second-order valence-corrected chi connectivity index (χ2v) is 3.60. The van der Waals surface area contributed by atoms with Crippen molar-refractivity contribution in [1.29, 1.82) is 0 Å². The van der Waals surface area contributed by atoms with E-state index in [9.17, 15) is 14.9 Å². The first-order chi connectivity index (χ1) is 8.06. The van der Waals surface area contributed by atoms with Crippen LogP contribution < -0.4 is 10.6 Å². The van der Waals surface area contributed by atoms with Gasteiger partial charge in [0.2, 0.25) is 5.91 Å². The Balaban J connectivity index is 2.69. The van der Waals surface area contributed by atoms with Crippen LogP contribution in [0.1, 0.15) is 12.5 Å². The number of amides is 1. The molecule has 1 unspecified atom stereocenters. The molecule has 0 saturated heterocycles. The van der Waals surface area contributed by atoms with Gasteiger partial charge in [0, 0.05) is 25.2 Å². The van der Waals surface area contributed by atoms with Crippen LogP contribution in [0.5, 0.6) is 0 Å². The maximum Gasteiger partial charge on any atom is 0.273 e. The van der Waals surface area contributed by atoms with Crippen LogP contribution in [0.2, 0.25) is 0 Å². The average molecular weight is 237 g/mol. The summed E-state index contributed by atoms with van der Waals surface area (Å²) in [6, 6.07) is 6.07. The summed E-state index contributed by atoms with van der Waals surface area (Å²) in [4.78, 5) is 21.6. The van der Waals surface area contributed by atoms with Gasteiger partial charge in [-0.3, -0.25) is 14.9 Å². The number of likely N-dealkylation sites (N-methyl/N-ethyl adjacent to an activating group) is 1. The molecular formula is C11H15N3O3. The lowest BCUT2D eigenvalue weighted by Gasteiger charge is -2.12. The van der Waals surface area contributed by atoms with Gasteiger partial charge in [-0.05, 0) is 6.92 Å². The van der Waals surface area contributed by atoms with E-state index in [0.717, 1.165) is 0 Å². The predicted molar refractivity (Wildman–Crippen MR) is 63.5 cm³/mol. The SMILES string of the molecule is CNC(=O)C(C)NCc1ccccc1[N+](=O)[O-]. The predicted octanol–water partition coefficient (Wildman–Crippen LogP) is 0.819. The standard InChI is InChI=1S/C11H15N3O3/c1-8(11(15)12-2)13-7-9-5-3-4-6-10(9)14(16)17/h3-6,8,13H,7H2,1-2H3,(H,12,15). The number of hydrogen-bond acceptors (Lipinski definition) is 4. The van der Waals surface area contributed by atoms with Crippen molar-refractivity contribution >= 4 is 11.6 Å². The molecule has 0 aliphatic rings. The van der Waals surface area contributed by atoms with Crippen molar-refractivity contribution in [3.05, 3.63) is 39.9 Å². The van der Waals surface area contributed by atoms with Crippen LogP contribution >= 0.6 is 0 Å². The quantitative estimate of drug-likeness (QED) is 0.586. The van der Waals surface area contributed by atoms with Gasteiger partial charge in [0.25, 0.3) is 5.69 Å². The second-order valence-electron chi connectivity index (χ2n) is 3.60. The van der Waals surface area contributed by atoms with Gasteiger partial charge in [0.05, 0.1) is 11.0 Å². The molecular weight excluding hydrogens is 222 g/mol. The molecule has 0 heterocycles. The lowest BCUT2D eigenvalue weighted by molar-refractivity contribution is -0.385. The van der Waals surface area contributed by atoms with Crippen LogP contribution in [0.3, 0.4) is 0 Å². The van der Waals surface area contributed by atoms with E-state index in [2.05, 4.69) is 10.6 Å². The van der Waals surface area contributed by atoms with Crippen LogP contribution in [0.4, 0.5) is 5.69 Å². The fraction of sp³-hybridized carbons (Fsp3) is 0.364. The molecule has 0 aromatic heterocycles. The van der Waals surface area contributed by atoms with E-state index in [4.69, 9.17) is 0 Å². The Morgan fingerprint density at radius 3 is 2.71 bits per heavy atom. The number of nitro benzene ring substituents is 1. The summed E-state index contributed by atoms with van der Waals surface area (Å²) in [6.45, 7) is 1.99. The monoisotopic (exact) mass is 237 g/mol. The van der Waals surface area contributed by atoms with Crippen molar-refractivity contribution < 1.29 is 9.72 Å². The third-order valence-electron chi connectivity index (χ3n) is 2.43. The van der Waals surface area contributed by atoms with E-state index >= 15 is 0 Å². The Morgan fingerprint density at radius 1 is 1.47 bits per heavy atom. The molecule has 0 bridgehead atoms. The highest BCUT2D eigenvalue weighted by Crippen LogP contribution is 2.17. The Kier molecular flexibility index (Phi) is 4.59. The number of benzene rings is 1. The number of hydrogen-bond donors (Lipinski definition) is 2. The highest BCUT2D eigenvalue weighted by Gasteiger charge is 2.15. The lowest BCUT2D eigenvalue weighted by atomic mass is 10.1. The van der Waals surface area contributed by atoms with Crippen molar-refractivity contribution in [2.45, 2.75) is 19.5 Å². The molecule has 1 aromatic carbocycles. The van der Waals surface area contributed by atoms with Crippen molar-refractivity contribution in [1.82, 2.24) is 10.6 Å². The van der Waals surface area contributed by atoms with E-state index in [1.165, 1.54) is 6.07 Å². The third-order valence-corrected chi connectivity index (χ3v) is 2.43. The minimum absolute atomic E-state index is 0.0594. The van der Waals surface area contributed by atoms with E-state index in [1.54, 1.807) is 32.2 Å². The first kappa shape index (κ1) is 13.1. The average Bonchev–Trinajstić information content (AvgIpc) is 2.35. The minimum Gasteiger partial charge on any atom is -0.358 e. The van der Waals surface area contributed by atoms with Crippen molar-refractivity contribution in [3.63, 3.8) is 0 Å². The maximum atomic E-state index is 11.2. The molecule has 17 heavy (non-hydrogen) atoms. The molecule has 1 amide bonds. The highest BCUT2D eigenvalue weighted by molar-refractivity contribution is 5.80. The zero-order chi connectivity index (χ0) is 12.8. The van der Waals surface area contributed by atoms with E-state index in [0.29, 0.717) is 5.56 Å². The number of nitrogens with one attached hydrogen (secondary N) is 2. The van der Waals surface area contributed by atoms with Crippen LogP contribution in [0.15, 0.2) is 24.3 Å². The van der Waals surface area contributed by atoms with Crippen molar-refractivity contribution in [2.75, 3.05) is 7.05 Å². The van der Waals surface area contributed by atoms with Crippen LogP contribution in [-0.4, -0.2) is 23.9 Å². The largest absolute Gasteiger partial charge is 0.358 e. The fourth-order valence-electron chi connectivity index (χ4n) is 1.41. The first-order valence-corrected chi connectivity index (χ1v) is 5.23. The van der Waals surface area contributed by atoms with Gasteiger partial charge in [-0.1, -0.05) is 18.2 Å². The summed E-state index contributed by atoms with van der Waals surface area (Å²) < 4.78 is 0. The molecule has 0 radical (unpaired) electrons. The third kappa shape index (κ3) is 3.53. The number of para-hydroxylation sites is 1. The Hall–Kier alpha value is -1.95. The van der Waals surface area contributed by atoms with Crippen LogP contribution in [0.25, 0.3) is 0 Å². The summed E-state index contributed by atoms with van der Waals surface area (Å²) in [5.74, 6) is -0.149. The topological polar surface area (TPSA) is 84.3 Å². The van der Waals surface area contributed by atoms with Crippen molar-refractivity contribution in [2.24, 2.45) is 0 Å². The summed E-state index contributed by atoms with van der Waals surface area (Å²) >= 11 is 0. The molecule has 1 aromatic rings. The molecule has 2 N–H and O–H groups in total. The summed E-state index contributed by atoms with van der Waals surface area (Å²) in [7, 11) is 1.55. The van der Waals surface area contributed by atoms with Crippen LogP contribution in [-0.2, 0) is 11.3 Å². The molecule has 6 nitrogen and oxygen atoms in total. The first-order valence-electron chi connectivity index (χ1n) is 5.23. The zero-order valence-corrected chi connectivity index (χ0v) is 9.77. The minimum atomic E-state index is -0.429. The Morgan fingerprint density at radius 2 is 2.12 bits per heavy atom. The lowest BCUT2D eigenvalue weighted by Crippen LogP contribution is -2.40. The van der Waals surface area contributed by atoms with Crippen LogP contribution in [0, 0.1) is 10.1 Å². The number of nitrogens with zero attached hydrogens (tertiary/aromatic N) is 1. The summed E-state index contributed by atoms with van der Waals surface area (Å²) in [5.41, 5.74) is 0.623. The molecule has 6 heteroatoms.